The Bertz CT molecular complexity index is 1470. The van der Waals surface area contributed by atoms with Gasteiger partial charge in [-0.15, -0.1) is 0 Å². The Balaban J connectivity index is 1.44. The maximum atomic E-state index is 15.1. The molecule has 0 bridgehead atoms. The number of rotatable bonds is 6. The summed E-state index contributed by atoms with van der Waals surface area (Å²) in [5, 5.41) is 0.939. The van der Waals surface area contributed by atoms with Crippen molar-refractivity contribution in [1.82, 2.24) is 25.3 Å². The molecule has 1 N–H and O–H groups in total. The van der Waals surface area contributed by atoms with Crippen LogP contribution in [-0.4, -0.2) is 45.7 Å². The van der Waals surface area contributed by atoms with Crippen LogP contribution in [0, 0.1) is 23.5 Å². The molecule has 1 aliphatic rings. The molecule has 1 amide bonds. The summed E-state index contributed by atoms with van der Waals surface area (Å²) in [7, 11) is -4.11. The van der Waals surface area contributed by atoms with Crippen molar-refractivity contribution < 1.29 is 39.6 Å². The summed E-state index contributed by atoms with van der Waals surface area (Å²) in [6.45, 7) is 1.08. The number of hydrogen-bond donors (Lipinski definition) is 1. The summed E-state index contributed by atoms with van der Waals surface area (Å²) in [6.07, 6.45) is -3.32. The van der Waals surface area contributed by atoms with Crippen LogP contribution in [0.4, 0.5) is 26.3 Å². The lowest BCUT2D eigenvalue weighted by Gasteiger charge is -2.23. The molecule has 4 rings (SSSR count). The average molecular weight is 588 g/mol. The first-order chi connectivity index (χ1) is 18.8. The third-order valence-corrected chi connectivity index (χ3v) is 9.10. The summed E-state index contributed by atoms with van der Waals surface area (Å²) < 4.78 is 107. The standard InChI is InChI=1S/C25H23F6N5O3S/c1-13-18(27)6-14(2-4-21(13)40(38,39)22-5-3-17(26)11-33-22)23(37)34-8-15-7-20(32-12-19(15)28)16-9-35-24(36-10-16)25(29,30)31/h3,5,7,9-14,18,21H,2,4,6,8H2,1H3,(H,34,37)/t13-,14-,18+,21?/m0/s1. The van der Waals surface area contributed by atoms with Crippen LogP contribution < -0.4 is 5.32 Å². The Morgan fingerprint density at radius 2 is 1.73 bits per heavy atom. The third kappa shape index (κ3) is 6.40. The van der Waals surface area contributed by atoms with Gasteiger partial charge in [-0.2, -0.15) is 13.2 Å². The summed E-state index contributed by atoms with van der Waals surface area (Å²) >= 11 is 0. The highest BCUT2D eigenvalue weighted by Gasteiger charge is 2.42. The lowest BCUT2D eigenvalue weighted by molar-refractivity contribution is -0.145. The topological polar surface area (TPSA) is 115 Å². The van der Waals surface area contributed by atoms with E-state index >= 15 is 4.39 Å². The molecule has 3 aromatic heterocycles. The van der Waals surface area contributed by atoms with Gasteiger partial charge < -0.3 is 5.32 Å². The maximum Gasteiger partial charge on any atom is 0.451 e. The first-order valence-electron chi connectivity index (χ1n) is 12.1. The van der Waals surface area contributed by atoms with E-state index in [1.807, 2.05) is 0 Å². The fourth-order valence-electron chi connectivity index (χ4n) is 4.53. The van der Waals surface area contributed by atoms with Crippen LogP contribution in [0.25, 0.3) is 11.3 Å². The number of sulfone groups is 1. The molecule has 1 aliphatic carbocycles. The van der Waals surface area contributed by atoms with Gasteiger partial charge in [0.15, 0.2) is 14.9 Å². The summed E-state index contributed by atoms with van der Waals surface area (Å²) in [5.74, 6) is -5.37. The number of aromatic nitrogens is 4. The number of hydrogen-bond acceptors (Lipinski definition) is 7. The number of halogens is 6. The maximum absolute atomic E-state index is 15.1. The van der Waals surface area contributed by atoms with Crippen molar-refractivity contribution in [3.05, 3.63) is 66.0 Å². The molecular weight excluding hydrogens is 564 g/mol. The number of nitrogens with one attached hydrogen (secondary N) is 1. The van der Waals surface area contributed by atoms with Gasteiger partial charge in [-0.3, -0.25) is 9.78 Å². The monoisotopic (exact) mass is 587 g/mol. The second-order valence-electron chi connectivity index (χ2n) is 9.46. The second-order valence-corrected chi connectivity index (χ2v) is 11.6. The molecule has 15 heteroatoms. The van der Waals surface area contributed by atoms with Gasteiger partial charge in [0, 0.05) is 41.9 Å². The van der Waals surface area contributed by atoms with E-state index in [9.17, 15) is 35.2 Å². The van der Waals surface area contributed by atoms with Gasteiger partial charge in [-0.25, -0.2) is 36.5 Å². The Morgan fingerprint density at radius 3 is 2.35 bits per heavy atom. The van der Waals surface area contributed by atoms with Crippen molar-refractivity contribution in [2.45, 2.75) is 55.4 Å². The zero-order chi connectivity index (χ0) is 29.2. The molecule has 3 heterocycles. The zero-order valence-corrected chi connectivity index (χ0v) is 21.7. The summed E-state index contributed by atoms with van der Waals surface area (Å²) in [6, 6.07) is 3.17. The van der Waals surface area contributed by atoms with Crippen LogP contribution >= 0.6 is 0 Å². The zero-order valence-electron chi connectivity index (χ0n) is 20.9. The van der Waals surface area contributed by atoms with E-state index in [0.717, 1.165) is 36.9 Å². The summed E-state index contributed by atoms with van der Waals surface area (Å²) in [4.78, 5) is 26.8. The molecular formula is C25H23F6N5O3S. The SMILES string of the molecule is C[C@@H]1C(S(=O)(=O)c2ccc(F)cn2)CC[C@H](C(=O)NCc2cc(-c3cnc(C(F)(F)F)nc3)ncc2F)C[C@H]1F. The van der Waals surface area contributed by atoms with E-state index in [1.54, 1.807) is 0 Å². The predicted octanol–water partition coefficient (Wildman–Crippen LogP) is 4.46. The van der Waals surface area contributed by atoms with E-state index in [1.165, 1.54) is 13.0 Å². The fraction of sp³-hybridized carbons (Fsp3) is 0.400. The van der Waals surface area contributed by atoms with Crippen LogP contribution in [0.15, 0.2) is 48.0 Å². The van der Waals surface area contributed by atoms with Gasteiger partial charge >= 0.3 is 6.18 Å². The molecule has 214 valence electrons. The second kappa shape index (κ2) is 11.5. The van der Waals surface area contributed by atoms with E-state index < -0.39 is 62.6 Å². The number of nitrogens with zero attached hydrogens (tertiary/aromatic N) is 4. The number of alkyl halides is 4. The molecule has 1 unspecified atom stereocenters. The molecule has 1 fully saturated rings. The highest BCUT2D eigenvalue weighted by Crippen LogP contribution is 2.36. The van der Waals surface area contributed by atoms with E-state index in [-0.39, 0.29) is 47.7 Å². The molecule has 40 heavy (non-hydrogen) atoms. The first kappa shape index (κ1) is 29.4. The van der Waals surface area contributed by atoms with E-state index in [4.69, 9.17) is 0 Å². The highest BCUT2D eigenvalue weighted by atomic mass is 32.2. The number of pyridine rings is 2. The van der Waals surface area contributed by atoms with Crippen molar-refractivity contribution >= 4 is 15.7 Å². The molecule has 4 atom stereocenters. The van der Waals surface area contributed by atoms with Crippen molar-refractivity contribution in [3.8, 4) is 11.3 Å². The minimum atomic E-state index is -4.74. The fourth-order valence-corrected chi connectivity index (χ4v) is 6.48. The Kier molecular flexibility index (Phi) is 8.42. The van der Waals surface area contributed by atoms with Crippen LogP contribution in [-0.2, 0) is 27.4 Å². The van der Waals surface area contributed by atoms with Crippen LogP contribution in [0.2, 0.25) is 0 Å². The van der Waals surface area contributed by atoms with Gasteiger partial charge in [0.2, 0.25) is 11.7 Å². The van der Waals surface area contributed by atoms with Gasteiger partial charge in [0.1, 0.15) is 17.8 Å². The van der Waals surface area contributed by atoms with E-state index in [2.05, 4.69) is 25.3 Å². The number of amides is 1. The van der Waals surface area contributed by atoms with Crippen molar-refractivity contribution in [3.63, 3.8) is 0 Å². The largest absolute Gasteiger partial charge is 0.451 e. The molecule has 0 saturated heterocycles. The first-order valence-corrected chi connectivity index (χ1v) is 13.6. The molecule has 0 radical (unpaired) electrons. The van der Waals surface area contributed by atoms with Crippen LogP contribution in [0.1, 0.15) is 37.6 Å². The highest BCUT2D eigenvalue weighted by molar-refractivity contribution is 7.92. The number of carbonyl (C=O) groups excluding carboxylic acids is 1. The van der Waals surface area contributed by atoms with Crippen molar-refractivity contribution in [1.29, 1.82) is 0 Å². The van der Waals surface area contributed by atoms with Gasteiger partial charge in [-0.05, 0) is 37.5 Å². The number of carbonyl (C=O) groups is 1. The van der Waals surface area contributed by atoms with Gasteiger partial charge in [0.25, 0.3) is 0 Å². The van der Waals surface area contributed by atoms with Crippen molar-refractivity contribution in [2.24, 2.45) is 11.8 Å². The van der Waals surface area contributed by atoms with Crippen LogP contribution in [0.3, 0.4) is 0 Å². The minimum Gasteiger partial charge on any atom is -0.352 e. The summed E-state index contributed by atoms with van der Waals surface area (Å²) in [5.41, 5.74) is 0.107. The van der Waals surface area contributed by atoms with Crippen molar-refractivity contribution in [2.75, 3.05) is 0 Å². The molecule has 0 spiro atoms. The average Bonchev–Trinajstić information content (AvgIpc) is 3.06. The molecule has 3 aromatic rings. The smallest absolute Gasteiger partial charge is 0.352 e. The molecule has 1 saturated carbocycles. The Hall–Kier alpha value is -3.62. The van der Waals surface area contributed by atoms with E-state index in [0.29, 0.717) is 0 Å². The quantitative estimate of drug-likeness (QED) is 0.335. The predicted molar refractivity (Wildman–Crippen MR) is 129 cm³/mol. The third-order valence-electron chi connectivity index (χ3n) is 6.82. The Labute approximate surface area is 225 Å². The molecule has 8 nitrogen and oxygen atoms in total. The lowest BCUT2D eigenvalue weighted by atomic mass is 9.96. The molecule has 0 aliphatic heterocycles. The molecule has 0 aromatic carbocycles. The minimum absolute atomic E-state index is 0.0225. The van der Waals surface area contributed by atoms with Gasteiger partial charge in [-0.1, -0.05) is 6.92 Å². The normalized spacial score (nSPS) is 22.0. The van der Waals surface area contributed by atoms with Gasteiger partial charge in [0.05, 0.1) is 23.3 Å². The van der Waals surface area contributed by atoms with Crippen LogP contribution in [0.5, 0.6) is 0 Å². The lowest BCUT2D eigenvalue weighted by Crippen LogP contribution is -2.33. The Morgan fingerprint density at radius 1 is 1.02 bits per heavy atom.